The van der Waals surface area contributed by atoms with Crippen LogP contribution in [-0.4, -0.2) is 41.8 Å². The molecule has 0 aromatic heterocycles. The Labute approximate surface area is 108 Å². The average molecular weight is 247 g/mol. The van der Waals surface area contributed by atoms with Crippen molar-refractivity contribution in [2.45, 2.75) is 38.0 Å². The second kappa shape index (κ2) is 5.00. The molecule has 0 bridgehead atoms. The van der Waals surface area contributed by atoms with Gasteiger partial charge < -0.3 is 9.84 Å². The molecule has 3 nitrogen and oxygen atoms in total. The molecular weight excluding hydrogens is 226 g/mol. The number of ether oxygens (including phenoxy) is 1. The molecule has 3 rings (SSSR count). The van der Waals surface area contributed by atoms with E-state index >= 15 is 0 Å². The Kier molecular flexibility index (Phi) is 3.37. The Morgan fingerprint density at radius 3 is 3.00 bits per heavy atom. The van der Waals surface area contributed by atoms with Gasteiger partial charge in [-0.05, 0) is 30.9 Å². The maximum absolute atomic E-state index is 10.6. The van der Waals surface area contributed by atoms with Gasteiger partial charge in [-0.2, -0.15) is 0 Å². The molecule has 1 N–H and O–H groups in total. The van der Waals surface area contributed by atoms with Gasteiger partial charge in [0, 0.05) is 18.6 Å². The second-order valence-electron chi connectivity index (χ2n) is 5.41. The number of nitrogens with zero attached hydrogens (tertiary/aromatic N) is 1. The lowest BCUT2D eigenvalue weighted by molar-refractivity contribution is -0.0593. The number of benzene rings is 1. The van der Waals surface area contributed by atoms with Gasteiger partial charge in [0.1, 0.15) is 0 Å². The van der Waals surface area contributed by atoms with Crippen molar-refractivity contribution in [2.24, 2.45) is 0 Å². The Morgan fingerprint density at radius 1 is 1.33 bits per heavy atom. The van der Waals surface area contributed by atoms with Crippen molar-refractivity contribution in [3.05, 3.63) is 35.4 Å². The van der Waals surface area contributed by atoms with Crippen molar-refractivity contribution in [2.75, 3.05) is 19.8 Å². The highest BCUT2D eigenvalue weighted by atomic mass is 16.5. The molecule has 1 saturated heterocycles. The Bertz CT molecular complexity index is 421. The monoisotopic (exact) mass is 247 g/mol. The summed E-state index contributed by atoms with van der Waals surface area (Å²) in [6, 6.07) is 8.94. The van der Waals surface area contributed by atoms with E-state index in [-0.39, 0.29) is 12.1 Å². The first-order valence-corrected chi connectivity index (χ1v) is 6.86. The van der Waals surface area contributed by atoms with Crippen molar-refractivity contribution in [3.8, 4) is 0 Å². The first-order chi connectivity index (χ1) is 8.77. The van der Waals surface area contributed by atoms with E-state index in [2.05, 4.69) is 30.0 Å². The summed E-state index contributed by atoms with van der Waals surface area (Å²) in [4.78, 5) is 2.42. The number of aliphatic hydroxyl groups excluding tert-OH is 1. The SMILES string of the molecule is CC1COCCN1C1CCc2ccccc2C1O. The third kappa shape index (κ3) is 2.07. The number of hydrogen-bond donors (Lipinski definition) is 1. The standard InChI is InChI=1S/C15H21NO2/c1-11-10-18-9-8-16(11)14-7-6-12-4-2-3-5-13(12)15(14)17/h2-5,11,14-15,17H,6-10H2,1H3. The highest BCUT2D eigenvalue weighted by Crippen LogP contribution is 2.34. The van der Waals surface area contributed by atoms with Crippen LogP contribution in [0.2, 0.25) is 0 Å². The molecule has 0 radical (unpaired) electrons. The third-order valence-corrected chi connectivity index (χ3v) is 4.29. The van der Waals surface area contributed by atoms with Crippen molar-refractivity contribution in [1.29, 1.82) is 0 Å². The van der Waals surface area contributed by atoms with E-state index < -0.39 is 0 Å². The second-order valence-corrected chi connectivity index (χ2v) is 5.41. The maximum Gasteiger partial charge on any atom is 0.0948 e. The average Bonchev–Trinajstić information content (AvgIpc) is 2.41. The van der Waals surface area contributed by atoms with E-state index in [1.165, 1.54) is 5.56 Å². The van der Waals surface area contributed by atoms with Gasteiger partial charge in [0.05, 0.1) is 19.3 Å². The Balaban J connectivity index is 1.83. The van der Waals surface area contributed by atoms with Gasteiger partial charge in [-0.3, -0.25) is 4.90 Å². The summed E-state index contributed by atoms with van der Waals surface area (Å²) in [5, 5.41) is 10.6. The quantitative estimate of drug-likeness (QED) is 0.820. The molecule has 1 aliphatic carbocycles. The van der Waals surface area contributed by atoms with Crippen LogP contribution < -0.4 is 0 Å². The fraction of sp³-hybridized carbons (Fsp3) is 0.600. The summed E-state index contributed by atoms with van der Waals surface area (Å²) in [7, 11) is 0. The normalized spacial score (nSPS) is 33.1. The molecule has 1 aliphatic heterocycles. The molecule has 3 atom stereocenters. The molecule has 0 spiro atoms. The lowest BCUT2D eigenvalue weighted by Crippen LogP contribution is -2.52. The van der Waals surface area contributed by atoms with Crippen LogP contribution in [0.4, 0.5) is 0 Å². The lowest BCUT2D eigenvalue weighted by Gasteiger charge is -2.43. The van der Waals surface area contributed by atoms with E-state index in [1.807, 2.05) is 6.07 Å². The molecule has 98 valence electrons. The molecule has 2 aliphatic rings. The van der Waals surface area contributed by atoms with Crippen molar-refractivity contribution in [3.63, 3.8) is 0 Å². The minimum atomic E-state index is -0.351. The molecule has 18 heavy (non-hydrogen) atoms. The van der Waals surface area contributed by atoms with Gasteiger partial charge in [0.15, 0.2) is 0 Å². The van der Waals surface area contributed by atoms with Crippen LogP contribution in [0.1, 0.15) is 30.6 Å². The van der Waals surface area contributed by atoms with Gasteiger partial charge in [0.25, 0.3) is 0 Å². The van der Waals surface area contributed by atoms with E-state index in [0.29, 0.717) is 6.04 Å². The minimum Gasteiger partial charge on any atom is -0.387 e. The van der Waals surface area contributed by atoms with Gasteiger partial charge in [-0.15, -0.1) is 0 Å². The molecule has 0 amide bonds. The van der Waals surface area contributed by atoms with Gasteiger partial charge in [-0.25, -0.2) is 0 Å². The molecule has 3 heteroatoms. The van der Waals surface area contributed by atoms with Crippen LogP contribution in [0, 0.1) is 0 Å². The fourth-order valence-corrected chi connectivity index (χ4v) is 3.30. The van der Waals surface area contributed by atoms with Crippen LogP contribution in [-0.2, 0) is 11.2 Å². The van der Waals surface area contributed by atoms with Crippen LogP contribution >= 0.6 is 0 Å². The van der Waals surface area contributed by atoms with Crippen molar-refractivity contribution >= 4 is 0 Å². The van der Waals surface area contributed by atoms with Gasteiger partial charge >= 0.3 is 0 Å². The van der Waals surface area contributed by atoms with E-state index in [4.69, 9.17) is 4.74 Å². The predicted molar refractivity (Wildman–Crippen MR) is 70.5 cm³/mol. The summed E-state index contributed by atoms with van der Waals surface area (Å²) in [6.07, 6.45) is 1.76. The minimum absolute atomic E-state index is 0.249. The first kappa shape index (κ1) is 12.2. The number of aliphatic hydroxyl groups is 1. The molecule has 1 fully saturated rings. The van der Waals surface area contributed by atoms with E-state index in [1.54, 1.807) is 0 Å². The number of hydrogen-bond acceptors (Lipinski definition) is 3. The van der Waals surface area contributed by atoms with Gasteiger partial charge in [0.2, 0.25) is 0 Å². The molecule has 1 aromatic carbocycles. The highest BCUT2D eigenvalue weighted by molar-refractivity contribution is 5.32. The third-order valence-electron chi connectivity index (χ3n) is 4.29. The Hall–Kier alpha value is -0.900. The maximum atomic E-state index is 10.6. The summed E-state index contributed by atoms with van der Waals surface area (Å²) in [6.45, 7) is 4.69. The van der Waals surface area contributed by atoms with Gasteiger partial charge in [-0.1, -0.05) is 24.3 Å². The highest BCUT2D eigenvalue weighted by Gasteiger charge is 2.35. The van der Waals surface area contributed by atoms with E-state index in [0.717, 1.165) is 38.2 Å². The Morgan fingerprint density at radius 2 is 2.17 bits per heavy atom. The molecule has 1 aromatic rings. The lowest BCUT2D eigenvalue weighted by atomic mass is 9.84. The van der Waals surface area contributed by atoms with Crippen LogP contribution in [0.25, 0.3) is 0 Å². The van der Waals surface area contributed by atoms with Crippen LogP contribution in [0.15, 0.2) is 24.3 Å². The number of fused-ring (bicyclic) bond motifs is 1. The summed E-state index contributed by atoms with van der Waals surface area (Å²) in [5.41, 5.74) is 2.43. The predicted octanol–water partition coefficient (Wildman–Crippen LogP) is 1.76. The zero-order valence-corrected chi connectivity index (χ0v) is 10.9. The molecule has 3 unspecified atom stereocenters. The summed E-state index contributed by atoms with van der Waals surface area (Å²) < 4.78 is 5.48. The molecule has 0 saturated carbocycles. The number of rotatable bonds is 1. The van der Waals surface area contributed by atoms with E-state index in [9.17, 15) is 5.11 Å². The van der Waals surface area contributed by atoms with Crippen molar-refractivity contribution < 1.29 is 9.84 Å². The molecule has 1 heterocycles. The zero-order chi connectivity index (χ0) is 12.5. The topological polar surface area (TPSA) is 32.7 Å². The van der Waals surface area contributed by atoms with Crippen molar-refractivity contribution in [1.82, 2.24) is 4.90 Å². The first-order valence-electron chi connectivity index (χ1n) is 6.86. The zero-order valence-electron chi connectivity index (χ0n) is 10.9. The summed E-state index contributed by atoms with van der Waals surface area (Å²) in [5.74, 6) is 0. The fourth-order valence-electron chi connectivity index (χ4n) is 3.30. The number of aryl methyl sites for hydroxylation is 1. The van der Waals surface area contributed by atoms with Crippen LogP contribution in [0.3, 0.4) is 0 Å². The summed E-state index contributed by atoms with van der Waals surface area (Å²) >= 11 is 0. The largest absolute Gasteiger partial charge is 0.387 e. The molecular formula is C15H21NO2. The number of morpholine rings is 1. The van der Waals surface area contributed by atoms with Crippen LogP contribution in [0.5, 0.6) is 0 Å². The smallest absolute Gasteiger partial charge is 0.0948 e.